The van der Waals surface area contributed by atoms with E-state index in [9.17, 15) is 9.18 Å². The molecule has 22 heavy (non-hydrogen) atoms. The summed E-state index contributed by atoms with van der Waals surface area (Å²) in [7, 11) is 0. The van der Waals surface area contributed by atoms with Crippen LogP contribution in [0.4, 0.5) is 14.9 Å². The first-order valence-corrected chi connectivity index (χ1v) is 7.44. The number of rotatable bonds is 3. The van der Waals surface area contributed by atoms with Crippen molar-refractivity contribution in [2.24, 2.45) is 0 Å². The largest absolute Gasteiger partial charge is 0.332 e. The Kier molecular flexibility index (Phi) is 5.74. The average Bonchev–Trinajstić information content (AvgIpc) is 2.50. The lowest BCUT2D eigenvalue weighted by Gasteiger charge is -2.17. The number of hydrogen-bond donors (Lipinski definition) is 2. The van der Waals surface area contributed by atoms with E-state index in [2.05, 4.69) is 23.1 Å². The zero-order chi connectivity index (χ0) is 16.3. The van der Waals surface area contributed by atoms with Crippen molar-refractivity contribution in [1.29, 1.82) is 0 Å². The van der Waals surface area contributed by atoms with Gasteiger partial charge in [0, 0.05) is 11.8 Å². The van der Waals surface area contributed by atoms with Gasteiger partial charge in [0.1, 0.15) is 0 Å². The Balaban J connectivity index is 2.09. The molecule has 1 heterocycles. The maximum Gasteiger partial charge on any atom is 0.332 e. The van der Waals surface area contributed by atoms with Crippen LogP contribution in [-0.4, -0.2) is 15.3 Å². The standard InChI is InChI=1S/C13H9Cl3FN3OS/c14-8-3-4-9(11(16)10(8)15)19-13(21)20(22)6-7-2-1-5-18-12(7)17/h1-5,22H,6H2,(H,19,21). The van der Waals surface area contributed by atoms with Crippen molar-refractivity contribution in [3.8, 4) is 0 Å². The second-order valence-electron chi connectivity index (χ2n) is 4.16. The molecule has 0 unspecified atom stereocenters. The van der Waals surface area contributed by atoms with Gasteiger partial charge in [0.25, 0.3) is 0 Å². The molecule has 0 bridgehead atoms. The van der Waals surface area contributed by atoms with E-state index in [4.69, 9.17) is 34.8 Å². The third-order valence-electron chi connectivity index (χ3n) is 2.67. The third kappa shape index (κ3) is 3.95. The summed E-state index contributed by atoms with van der Waals surface area (Å²) >= 11 is 21.7. The van der Waals surface area contributed by atoms with Crippen LogP contribution in [-0.2, 0) is 6.54 Å². The minimum Gasteiger partial charge on any atom is -0.306 e. The fourth-order valence-electron chi connectivity index (χ4n) is 1.57. The molecule has 0 atom stereocenters. The number of anilines is 1. The normalized spacial score (nSPS) is 10.4. The smallest absolute Gasteiger partial charge is 0.306 e. The van der Waals surface area contributed by atoms with Crippen LogP contribution >= 0.6 is 47.6 Å². The van der Waals surface area contributed by atoms with Gasteiger partial charge in [-0.1, -0.05) is 53.7 Å². The van der Waals surface area contributed by atoms with Gasteiger partial charge in [-0.05, 0) is 18.2 Å². The lowest BCUT2D eigenvalue weighted by Crippen LogP contribution is -2.27. The van der Waals surface area contributed by atoms with Crippen LogP contribution in [0.3, 0.4) is 0 Å². The van der Waals surface area contributed by atoms with Crippen LogP contribution < -0.4 is 5.32 Å². The van der Waals surface area contributed by atoms with Crippen LogP contribution in [0.5, 0.6) is 0 Å². The van der Waals surface area contributed by atoms with Crippen molar-refractivity contribution in [3.63, 3.8) is 0 Å². The summed E-state index contributed by atoms with van der Waals surface area (Å²) in [6, 6.07) is 5.46. The summed E-state index contributed by atoms with van der Waals surface area (Å²) in [6.45, 7) is -0.0758. The highest BCUT2D eigenvalue weighted by Gasteiger charge is 2.16. The molecule has 9 heteroatoms. The first-order chi connectivity index (χ1) is 10.4. The number of pyridine rings is 1. The number of carbonyl (C=O) groups is 1. The predicted molar refractivity (Wildman–Crippen MR) is 89.2 cm³/mol. The van der Waals surface area contributed by atoms with Crippen LogP contribution in [0.25, 0.3) is 0 Å². The third-order valence-corrected chi connectivity index (χ3v) is 4.28. The van der Waals surface area contributed by atoms with Gasteiger partial charge in [0.05, 0.1) is 27.3 Å². The van der Waals surface area contributed by atoms with Crippen molar-refractivity contribution in [3.05, 3.63) is 57.0 Å². The number of carbonyl (C=O) groups excluding carboxylic acids is 1. The number of benzene rings is 1. The molecule has 1 N–H and O–H groups in total. The lowest BCUT2D eigenvalue weighted by molar-refractivity contribution is 0.237. The quantitative estimate of drug-likeness (QED) is 0.444. The van der Waals surface area contributed by atoms with Gasteiger partial charge in [0.15, 0.2) is 0 Å². The zero-order valence-corrected chi connectivity index (χ0v) is 14.0. The Hall–Kier alpha value is -1.21. The molecule has 2 aromatic rings. The van der Waals surface area contributed by atoms with E-state index >= 15 is 0 Å². The van der Waals surface area contributed by atoms with Gasteiger partial charge < -0.3 is 5.32 Å². The van der Waals surface area contributed by atoms with E-state index in [0.29, 0.717) is 0 Å². The maximum atomic E-state index is 13.4. The van der Waals surface area contributed by atoms with Crippen molar-refractivity contribution >= 4 is 59.3 Å². The molecular weight excluding hydrogens is 372 g/mol. The van der Waals surface area contributed by atoms with Gasteiger partial charge in [-0.25, -0.2) is 9.78 Å². The molecule has 0 aliphatic carbocycles. The van der Waals surface area contributed by atoms with Gasteiger partial charge in [-0.15, -0.1) is 0 Å². The first-order valence-electron chi connectivity index (χ1n) is 5.90. The van der Waals surface area contributed by atoms with Crippen molar-refractivity contribution in [2.75, 3.05) is 5.32 Å². The monoisotopic (exact) mass is 379 g/mol. The molecule has 1 aromatic carbocycles. The topological polar surface area (TPSA) is 45.2 Å². The Morgan fingerprint density at radius 1 is 1.27 bits per heavy atom. The number of hydrogen-bond acceptors (Lipinski definition) is 3. The first kappa shape index (κ1) is 17.1. The molecule has 0 spiro atoms. The molecule has 116 valence electrons. The zero-order valence-electron chi connectivity index (χ0n) is 10.9. The van der Waals surface area contributed by atoms with Crippen LogP contribution in [0.15, 0.2) is 30.5 Å². The second kappa shape index (κ2) is 7.37. The molecule has 0 saturated heterocycles. The number of halogens is 4. The van der Waals surface area contributed by atoms with Crippen molar-refractivity contribution in [1.82, 2.24) is 9.29 Å². The van der Waals surface area contributed by atoms with Crippen LogP contribution in [0, 0.1) is 5.95 Å². The van der Waals surface area contributed by atoms with Gasteiger partial charge in [-0.3, -0.25) is 4.31 Å². The summed E-state index contributed by atoms with van der Waals surface area (Å²) in [5, 5.41) is 3.02. The second-order valence-corrected chi connectivity index (χ2v) is 5.81. The number of aromatic nitrogens is 1. The molecule has 0 fully saturated rings. The Bertz CT molecular complexity index is 717. The number of amides is 2. The number of urea groups is 1. The minimum atomic E-state index is -0.665. The molecule has 0 saturated carbocycles. The summed E-state index contributed by atoms with van der Waals surface area (Å²) in [6.07, 6.45) is 1.32. The van der Waals surface area contributed by atoms with Gasteiger partial charge in [0.2, 0.25) is 5.95 Å². The highest BCUT2D eigenvalue weighted by atomic mass is 35.5. The Morgan fingerprint density at radius 3 is 2.68 bits per heavy atom. The SMILES string of the molecule is O=C(Nc1ccc(Cl)c(Cl)c1Cl)N(S)Cc1cccnc1F. The van der Waals surface area contributed by atoms with Crippen molar-refractivity contribution in [2.45, 2.75) is 6.54 Å². The fourth-order valence-corrected chi connectivity index (χ4v) is 2.36. The Morgan fingerprint density at radius 2 is 2.00 bits per heavy atom. The van der Waals surface area contributed by atoms with Gasteiger partial charge in [-0.2, -0.15) is 4.39 Å². The maximum absolute atomic E-state index is 13.4. The molecule has 2 amide bonds. The number of nitrogens with zero attached hydrogens (tertiary/aromatic N) is 2. The van der Waals surface area contributed by atoms with E-state index in [-0.39, 0.29) is 32.9 Å². The molecule has 4 nitrogen and oxygen atoms in total. The average molecular weight is 381 g/mol. The van der Waals surface area contributed by atoms with Crippen LogP contribution in [0.2, 0.25) is 15.1 Å². The molecule has 0 radical (unpaired) electrons. The van der Waals surface area contributed by atoms with E-state index in [1.165, 1.54) is 24.4 Å². The molecular formula is C13H9Cl3FN3OS. The summed E-state index contributed by atoms with van der Waals surface area (Å²) in [4.78, 5) is 15.5. The molecule has 0 aliphatic heterocycles. The highest BCUT2D eigenvalue weighted by Crippen LogP contribution is 2.35. The summed E-state index contributed by atoms with van der Waals surface area (Å²) in [5.74, 6) is -0.665. The summed E-state index contributed by atoms with van der Waals surface area (Å²) < 4.78 is 14.4. The molecule has 0 aliphatic rings. The van der Waals surface area contributed by atoms with E-state index < -0.39 is 12.0 Å². The molecule has 2 rings (SSSR count). The van der Waals surface area contributed by atoms with Gasteiger partial charge >= 0.3 is 6.03 Å². The Labute approximate surface area is 146 Å². The predicted octanol–water partition coefficient (Wildman–Crippen LogP) is 5.06. The highest BCUT2D eigenvalue weighted by molar-refractivity contribution is 7.78. The van der Waals surface area contributed by atoms with Crippen LogP contribution in [0.1, 0.15) is 5.56 Å². The van der Waals surface area contributed by atoms with E-state index in [1.807, 2.05) is 0 Å². The van der Waals surface area contributed by atoms with E-state index in [1.54, 1.807) is 6.07 Å². The van der Waals surface area contributed by atoms with E-state index in [0.717, 1.165) is 4.31 Å². The molecule has 1 aromatic heterocycles. The lowest BCUT2D eigenvalue weighted by atomic mass is 10.3. The minimum absolute atomic E-state index is 0.0758. The van der Waals surface area contributed by atoms with Crippen molar-refractivity contribution < 1.29 is 9.18 Å². The fraction of sp³-hybridized carbons (Fsp3) is 0.0769. The number of thiol groups is 1. The summed E-state index contributed by atoms with van der Waals surface area (Å²) in [5.41, 5.74) is 0.500. The number of nitrogens with one attached hydrogen (secondary N) is 1.